The number of nitrogens with zero attached hydrogens (tertiary/aromatic N) is 3. The van der Waals surface area contributed by atoms with Gasteiger partial charge >= 0.3 is 0 Å². The lowest BCUT2D eigenvalue weighted by Gasteiger charge is -2.29. The quantitative estimate of drug-likeness (QED) is 0.864. The summed E-state index contributed by atoms with van der Waals surface area (Å²) in [4.78, 5) is 18.0. The molecule has 2 aliphatic rings. The summed E-state index contributed by atoms with van der Waals surface area (Å²) >= 11 is 0. The van der Waals surface area contributed by atoms with Crippen LogP contribution in [-0.2, 0) is 4.79 Å². The number of aliphatic hydroxyl groups excluding tert-OH is 1. The average Bonchev–Trinajstić information content (AvgIpc) is 3.17. The van der Waals surface area contributed by atoms with Gasteiger partial charge in [0.1, 0.15) is 0 Å². The molecule has 24 heavy (non-hydrogen) atoms. The third-order valence-electron chi connectivity index (χ3n) is 5.18. The standard InChI is InChI=1S/C19H29N3O2/c1-20(2)16-7-3-6-15(12-16)18-8-4-10-21(18)13-17(23)14-22-11-5-9-19(22)24/h3,6-7,12,17-18,23H,4-5,8-11,13-14H2,1-2H3/t17-,18-/m0/s1. The van der Waals surface area contributed by atoms with Crippen molar-refractivity contribution >= 4 is 11.6 Å². The zero-order chi connectivity index (χ0) is 17.1. The first-order valence-corrected chi connectivity index (χ1v) is 9.02. The summed E-state index contributed by atoms with van der Waals surface area (Å²) in [5.41, 5.74) is 2.53. The van der Waals surface area contributed by atoms with Crippen molar-refractivity contribution in [2.45, 2.75) is 37.8 Å². The number of hydrogen-bond donors (Lipinski definition) is 1. The van der Waals surface area contributed by atoms with E-state index in [1.807, 2.05) is 4.90 Å². The monoisotopic (exact) mass is 331 g/mol. The van der Waals surface area contributed by atoms with Crippen LogP contribution >= 0.6 is 0 Å². The van der Waals surface area contributed by atoms with Crippen LogP contribution in [-0.4, -0.2) is 67.2 Å². The van der Waals surface area contributed by atoms with Gasteiger partial charge in [0.15, 0.2) is 0 Å². The third kappa shape index (κ3) is 3.90. The van der Waals surface area contributed by atoms with Crippen molar-refractivity contribution in [1.29, 1.82) is 0 Å². The van der Waals surface area contributed by atoms with Gasteiger partial charge in [-0.1, -0.05) is 12.1 Å². The highest BCUT2D eigenvalue weighted by Crippen LogP contribution is 2.33. The minimum atomic E-state index is -0.468. The Hall–Kier alpha value is -1.59. The van der Waals surface area contributed by atoms with Gasteiger partial charge in [0.2, 0.25) is 5.91 Å². The van der Waals surface area contributed by atoms with Crippen LogP contribution in [0.5, 0.6) is 0 Å². The second-order valence-corrected chi connectivity index (χ2v) is 7.24. The zero-order valence-corrected chi connectivity index (χ0v) is 14.8. The maximum atomic E-state index is 11.7. The van der Waals surface area contributed by atoms with Gasteiger partial charge < -0.3 is 14.9 Å². The number of β-amino-alcohol motifs (C(OH)–C–C–N with tert-alkyl or cyclic N) is 1. The molecule has 0 aliphatic carbocycles. The minimum absolute atomic E-state index is 0.186. The van der Waals surface area contributed by atoms with Crippen LogP contribution < -0.4 is 4.90 Å². The molecule has 5 nitrogen and oxygen atoms in total. The molecule has 1 N–H and O–H groups in total. The lowest BCUT2D eigenvalue weighted by atomic mass is 10.0. The van der Waals surface area contributed by atoms with E-state index in [2.05, 4.69) is 48.2 Å². The smallest absolute Gasteiger partial charge is 0.222 e. The molecule has 2 saturated heterocycles. The van der Waals surface area contributed by atoms with E-state index in [0.29, 0.717) is 25.6 Å². The van der Waals surface area contributed by atoms with Crippen molar-refractivity contribution in [3.8, 4) is 0 Å². The Kier molecular flexibility index (Phi) is 5.41. The molecule has 3 rings (SSSR count). The van der Waals surface area contributed by atoms with E-state index in [1.165, 1.54) is 11.3 Å². The molecule has 2 atom stereocenters. The first-order valence-electron chi connectivity index (χ1n) is 9.02. The Labute approximate surface area is 144 Å². The van der Waals surface area contributed by atoms with Crippen molar-refractivity contribution in [2.75, 3.05) is 45.2 Å². The largest absolute Gasteiger partial charge is 0.390 e. The van der Waals surface area contributed by atoms with Crippen molar-refractivity contribution < 1.29 is 9.90 Å². The predicted molar refractivity (Wildman–Crippen MR) is 96.1 cm³/mol. The Bertz CT molecular complexity index is 575. The predicted octanol–water partition coefficient (Wildman–Crippen LogP) is 1.87. The van der Waals surface area contributed by atoms with Gasteiger partial charge in [-0.2, -0.15) is 0 Å². The first-order chi connectivity index (χ1) is 11.5. The molecule has 2 fully saturated rings. The summed E-state index contributed by atoms with van der Waals surface area (Å²) in [5.74, 6) is 0.186. The molecule has 0 saturated carbocycles. The van der Waals surface area contributed by atoms with Crippen LogP contribution in [0, 0.1) is 0 Å². The summed E-state index contributed by atoms with van der Waals surface area (Å²) in [5, 5.41) is 10.5. The fourth-order valence-corrected chi connectivity index (χ4v) is 3.91. The molecule has 0 bridgehead atoms. The van der Waals surface area contributed by atoms with Crippen LogP contribution in [0.25, 0.3) is 0 Å². The van der Waals surface area contributed by atoms with E-state index in [0.717, 1.165) is 32.4 Å². The zero-order valence-electron chi connectivity index (χ0n) is 14.8. The second-order valence-electron chi connectivity index (χ2n) is 7.24. The van der Waals surface area contributed by atoms with Crippen LogP contribution in [0.2, 0.25) is 0 Å². The van der Waals surface area contributed by atoms with Gasteiger partial charge in [0.05, 0.1) is 6.10 Å². The SMILES string of the molecule is CN(C)c1cccc([C@@H]2CCCN2C[C@H](O)CN2CCCC2=O)c1. The Balaban J connectivity index is 1.62. The van der Waals surface area contributed by atoms with Crippen LogP contribution in [0.1, 0.15) is 37.3 Å². The first kappa shape index (κ1) is 17.2. The number of likely N-dealkylation sites (tertiary alicyclic amines) is 2. The summed E-state index contributed by atoms with van der Waals surface area (Å²) in [7, 11) is 4.12. The number of hydrogen-bond acceptors (Lipinski definition) is 4. The fraction of sp³-hybridized carbons (Fsp3) is 0.632. The number of anilines is 1. The number of carbonyl (C=O) groups excluding carboxylic acids is 1. The number of amides is 1. The molecule has 132 valence electrons. The van der Waals surface area contributed by atoms with Gasteiger partial charge in [-0.3, -0.25) is 9.69 Å². The van der Waals surface area contributed by atoms with E-state index in [9.17, 15) is 9.90 Å². The lowest BCUT2D eigenvalue weighted by molar-refractivity contribution is -0.129. The van der Waals surface area contributed by atoms with Crippen LogP contribution in [0.4, 0.5) is 5.69 Å². The van der Waals surface area contributed by atoms with E-state index in [1.54, 1.807) is 0 Å². The summed E-state index contributed by atoms with van der Waals surface area (Å²) < 4.78 is 0. The number of aliphatic hydroxyl groups is 1. The fourth-order valence-electron chi connectivity index (χ4n) is 3.91. The second kappa shape index (κ2) is 7.53. The summed E-state index contributed by atoms with van der Waals surface area (Å²) in [6, 6.07) is 9.04. The molecule has 2 heterocycles. The van der Waals surface area contributed by atoms with E-state index in [-0.39, 0.29) is 5.91 Å². The molecule has 0 aromatic heterocycles. The highest BCUT2D eigenvalue weighted by atomic mass is 16.3. The molecular formula is C19H29N3O2. The molecular weight excluding hydrogens is 302 g/mol. The lowest BCUT2D eigenvalue weighted by Crippen LogP contribution is -2.40. The molecule has 5 heteroatoms. The maximum absolute atomic E-state index is 11.7. The molecule has 1 amide bonds. The number of rotatable bonds is 6. The van der Waals surface area contributed by atoms with Crippen molar-refractivity contribution in [3.05, 3.63) is 29.8 Å². The van der Waals surface area contributed by atoms with Gasteiger partial charge in [-0.05, 0) is 43.5 Å². The van der Waals surface area contributed by atoms with Gasteiger partial charge in [-0.25, -0.2) is 0 Å². The van der Waals surface area contributed by atoms with Gasteiger partial charge in [-0.15, -0.1) is 0 Å². The molecule has 1 aromatic rings. The maximum Gasteiger partial charge on any atom is 0.222 e. The third-order valence-corrected chi connectivity index (χ3v) is 5.18. The Morgan fingerprint density at radius 2 is 2.08 bits per heavy atom. The number of benzene rings is 1. The van der Waals surface area contributed by atoms with E-state index < -0.39 is 6.10 Å². The highest BCUT2D eigenvalue weighted by molar-refractivity contribution is 5.78. The topological polar surface area (TPSA) is 47.0 Å². The summed E-state index contributed by atoms with van der Waals surface area (Å²) in [6.45, 7) is 2.92. The van der Waals surface area contributed by atoms with Crippen LogP contribution in [0.3, 0.4) is 0 Å². The van der Waals surface area contributed by atoms with Crippen molar-refractivity contribution in [1.82, 2.24) is 9.80 Å². The normalized spacial score (nSPS) is 23.0. The highest BCUT2D eigenvalue weighted by Gasteiger charge is 2.29. The van der Waals surface area contributed by atoms with Crippen molar-refractivity contribution in [2.24, 2.45) is 0 Å². The van der Waals surface area contributed by atoms with E-state index >= 15 is 0 Å². The molecule has 2 aliphatic heterocycles. The van der Waals surface area contributed by atoms with Gasteiger partial charge in [0.25, 0.3) is 0 Å². The Morgan fingerprint density at radius 3 is 2.79 bits per heavy atom. The number of carbonyl (C=O) groups is 1. The van der Waals surface area contributed by atoms with Gasteiger partial charge in [0, 0.05) is 51.9 Å². The molecule has 0 spiro atoms. The van der Waals surface area contributed by atoms with Crippen molar-refractivity contribution in [3.63, 3.8) is 0 Å². The van der Waals surface area contributed by atoms with Crippen LogP contribution in [0.15, 0.2) is 24.3 Å². The Morgan fingerprint density at radius 1 is 1.25 bits per heavy atom. The molecule has 0 unspecified atom stereocenters. The minimum Gasteiger partial charge on any atom is -0.390 e. The van der Waals surface area contributed by atoms with E-state index in [4.69, 9.17) is 0 Å². The summed E-state index contributed by atoms with van der Waals surface area (Å²) in [6.07, 6.45) is 3.38. The molecule has 1 aromatic carbocycles. The average molecular weight is 331 g/mol. The molecule has 0 radical (unpaired) electrons.